The molecule has 0 saturated carbocycles. The molecule has 0 aromatic heterocycles. The SMILES string of the molecule is CCCCCCCCC1(CCCCCCCC)c2cc(-c3ccc4c(c3)C(CCCN(C)C)(CCCN(C)C)c3cc(C(C)(C)C)ccc3-4)ccc2-c2ccc(C(C)(C)C)cc21. The summed E-state index contributed by atoms with van der Waals surface area (Å²) in [5.74, 6) is 0. The predicted octanol–water partition coefficient (Wildman–Crippen LogP) is 16.7. The first-order chi connectivity index (χ1) is 29.6. The molecule has 0 N–H and O–H groups in total. The zero-order valence-corrected chi connectivity index (χ0v) is 42.0. The minimum atomic E-state index is -0.0103. The maximum absolute atomic E-state index is 2.70. The van der Waals surface area contributed by atoms with E-state index in [4.69, 9.17) is 0 Å². The van der Waals surface area contributed by atoms with Crippen LogP contribution in [0.25, 0.3) is 33.4 Å². The second-order valence-electron chi connectivity index (χ2n) is 22.6. The number of unbranched alkanes of at least 4 members (excludes halogenated alkanes) is 10. The molecule has 338 valence electrons. The Bertz CT molecular complexity index is 2040. The van der Waals surface area contributed by atoms with Crippen LogP contribution < -0.4 is 0 Å². The van der Waals surface area contributed by atoms with Crippen LogP contribution in [0.3, 0.4) is 0 Å². The van der Waals surface area contributed by atoms with E-state index in [-0.39, 0.29) is 21.7 Å². The van der Waals surface area contributed by atoms with Gasteiger partial charge in [0.15, 0.2) is 0 Å². The summed E-state index contributed by atoms with van der Waals surface area (Å²) in [4.78, 5) is 4.75. The maximum Gasteiger partial charge on any atom is 0.0216 e. The van der Waals surface area contributed by atoms with Crippen LogP contribution in [0.4, 0.5) is 0 Å². The Kier molecular flexibility index (Phi) is 16.2. The van der Waals surface area contributed by atoms with Crippen LogP contribution in [0.1, 0.15) is 204 Å². The summed E-state index contributed by atoms with van der Waals surface area (Å²) in [6.45, 7) is 21.2. The number of fused-ring (bicyclic) bond motifs is 6. The van der Waals surface area contributed by atoms with Gasteiger partial charge in [-0.05, 0) is 170 Å². The third-order valence-electron chi connectivity index (χ3n) is 15.1. The van der Waals surface area contributed by atoms with Gasteiger partial charge in [-0.2, -0.15) is 0 Å². The molecule has 2 aliphatic carbocycles. The molecule has 4 aromatic carbocycles. The normalized spacial score (nSPS) is 15.0. The Hall–Kier alpha value is -3.20. The number of hydrogen-bond acceptors (Lipinski definition) is 2. The largest absolute Gasteiger partial charge is 0.309 e. The van der Waals surface area contributed by atoms with Crippen LogP contribution in [0.15, 0.2) is 72.8 Å². The molecule has 0 saturated heterocycles. The molecular formula is C60H88N2. The van der Waals surface area contributed by atoms with Crippen molar-refractivity contribution in [3.8, 4) is 33.4 Å². The lowest BCUT2D eigenvalue weighted by Gasteiger charge is -2.35. The number of rotatable bonds is 23. The fourth-order valence-electron chi connectivity index (χ4n) is 11.4. The van der Waals surface area contributed by atoms with E-state index in [1.807, 2.05) is 0 Å². The number of benzene rings is 4. The molecule has 0 heterocycles. The first kappa shape index (κ1) is 48.3. The molecule has 2 heteroatoms. The highest BCUT2D eigenvalue weighted by Crippen LogP contribution is 2.58. The van der Waals surface area contributed by atoms with Gasteiger partial charge >= 0.3 is 0 Å². The van der Waals surface area contributed by atoms with Gasteiger partial charge < -0.3 is 9.80 Å². The van der Waals surface area contributed by atoms with Crippen molar-refractivity contribution < 1.29 is 0 Å². The standard InChI is InChI=1S/C60H88N2/c1-13-15-17-19-21-23-35-59(36-24-22-20-18-16-14-2)53-41-45(27-31-49(53)51-33-29-47(43-55(51)59)57(3,4)5)46-28-32-50-52-34-30-48(58(6,7)8)44-56(52)60(54(50)42-46,37-25-39-61(9)10)38-26-40-62(11)12/h27-34,41-44H,13-26,35-40H2,1-12H3. The van der Waals surface area contributed by atoms with Crippen molar-refractivity contribution in [3.63, 3.8) is 0 Å². The van der Waals surface area contributed by atoms with Gasteiger partial charge in [0.1, 0.15) is 0 Å². The topological polar surface area (TPSA) is 6.48 Å². The van der Waals surface area contributed by atoms with E-state index in [1.165, 1.54) is 160 Å². The van der Waals surface area contributed by atoms with Crippen molar-refractivity contribution in [2.24, 2.45) is 0 Å². The van der Waals surface area contributed by atoms with Crippen LogP contribution >= 0.6 is 0 Å². The van der Waals surface area contributed by atoms with E-state index in [9.17, 15) is 0 Å². The molecule has 6 rings (SSSR count). The molecule has 0 amide bonds. The highest BCUT2D eigenvalue weighted by molar-refractivity contribution is 5.87. The van der Waals surface area contributed by atoms with Gasteiger partial charge in [-0.25, -0.2) is 0 Å². The molecule has 0 bridgehead atoms. The molecule has 0 unspecified atom stereocenters. The Morgan fingerprint density at radius 1 is 0.371 bits per heavy atom. The summed E-state index contributed by atoms with van der Waals surface area (Å²) in [6.07, 6.45) is 23.3. The van der Waals surface area contributed by atoms with Gasteiger partial charge in [0.2, 0.25) is 0 Å². The van der Waals surface area contributed by atoms with E-state index in [0.29, 0.717) is 0 Å². The number of hydrogen-bond donors (Lipinski definition) is 0. The van der Waals surface area contributed by atoms with Crippen LogP contribution in [0.2, 0.25) is 0 Å². The Balaban J connectivity index is 1.49. The highest BCUT2D eigenvalue weighted by Gasteiger charge is 2.45. The molecule has 0 atom stereocenters. The summed E-state index contributed by atoms with van der Waals surface area (Å²) in [6, 6.07) is 30.5. The van der Waals surface area contributed by atoms with Gasteiger partial charge in [-0.3, -0.25) is 0 Å². The molecule has 62 heavy (non-hydrogen) atoms. The van der Waals surface area contributed by atoms with Crippen molar-refractivity contribution in [3.05, 3.63) is 106 Å². The van der Waals surface area contributed by atoms with Crippen molar-refractivity contribution >= 4 is 0 Å². The fourth-order valence-corrected chi connectivity index (χ4v) is 11.4. The van der Waals surface area contributed by atoms with E-state index in [2.05, 4.69) is 166 Å². The smallest absolute Gasteiger partial charge is 0.0216 e. The zero-order chi connectivity index (χ0) is 44.7. The monoisotopic (exact) mass is 837 g/mol. The molecule has 4 aromatic rings. The van der Waals surface area contributed by atoms with E-state index < -0.39 is 0 Å². The van der Waals surface area contributed by atoms with Crippen LogP contribution in [-0.2, 0) is 21.7 Å². The zero-order valence-electron chi connectivity index (χ0n) is 42.0. The van der Waals surface area contributed by atoms with E-state index in [1.54, 1.807) is 22.3 Å². The first-order valence-electron chi connectivity index (χ1n) is 25.5. The summed E-state index contributed by atoms with van der Waals surface area (Å²) >= 11 is 0. The van der Waals surface area contributed by atoms with Crippen molar-refractivity contribution in [1.82, 2.24) is 9.80 Å². The van der Waals surface area contributed by atoms with Gasteiger partial charge in [0.25, 0.3) is 0 Å². The minimum absolute atomic E-state index is 0.0103. The van der Waals surface area contributed by atoms with Gasteiger partial charge in [-0.15, -0.1) is 0 Å². The Labute approximate surface area is 381 Å². The molecular weight excluding hydrogens is 749 g/mol. The van der Waals surface area contributed by atoms with Crippen molar-refractivity contribution in [1.29, 1.82) is 0 Å². The van der Waals surface area contributed by atoms with Gasteiger partial charge in [0.05, 0.1) is 0 Å². The molecule has 0 aliphatic heterocycles. The summed E-state index contributed by atoms with van der Waals surface area (Å²) in [5.41, 5.74) is 18.3. The molecule has 2 aliphatic rings. The first-order valence-corrected chi connectivity index (χ1v) is 25.5. The van der Waals surface area contributed by atoms with Crippen molar-refractivity contribution in [2.45, 2.75) is 193 Å². The highest BCUT2D eigenvalue weighted by atomic mass is 15.1. The third-order valence-corrected chi connectivity index (χ3v) is 15.1. The molecule has 0 fully saturated rings. The second-order valence-corrected chi connectivity index (χ2v) is 22.6. The molecule has 0 radical (unpaired) electrons. The predicted molar refractivity (Wildman–Crippen MR) is 273 cm³/mol. The van der Waals surface area contributed by atoms with E-state index >= 15 is 0 Å². The second kappa shape index (κ2) is 20.7. The lowest BCUT2D eigenvalue weighted by atomic mass is 9.69. The maximum atomic E-state index is 2.70. The summed E-state index contributed by atoms with van der Waals surface area (Å²) in [7, 11) is 8.94. The van der Waals surface area contributed by atoms with E-state index in [0.717, 1.165) is 13.1 Å². The Morgan fingerprint density at radius 3 is 1.02 bits per heavy atom. The lowest BCUT2D eigenvalue weighted by Crippen LogP contribution is -2.29. The van der Waals surface area contributed by atoms with Gasteiger partial charge in [0, 0.05) is 10.8 Å². The summed E-state index contributed by atoms with van der Waals surface area (Å²) in [5, 5.41) is 0. The average molecular weight is 837 g/mol. The minimum Gasteiger partial charge on any atom is -0.309 e. The lowest BCUT2D eigenvalue weighted by molar-refractivity contribution is 0.328. The Morgan fingerprint density at radius 2 is 0.677 bits per heavy atom. The average Bonchev–Trinajstić information content (AvgIpc) is 3.65. The van der Waals surface area contributed by atoms with Crippen LogP contribution in [0.5, 0.6) is 0 Å². The quantitative estimate of drug-likeness (QED) is 0.0687. The van der Waals surface area contributed by atoms with Crippen LogP contribution in [0, 0.1) is 0 Å². The van der Waals surface area contributed by atoms with Gasteiger partial charge in [-0.1, -0.05) is 193 Å². The fraction of sp³-hybridized carbons (Fsp3) is 0.600. The molecule has 0 spiro atoms. The third kappa shape index (κ3) is 10.7. The summed E-state index contributed by atoms with van der Waals surface area (Å²) < 4.78 is 0. The number of nitrogens with zero attached hydrogens (tertiary/aromatic N) is 2. The van der Waals surface area contributed by atoms with Crippen molar-refractivity contribution in [2.75, 3.05) is 41.3 Å². The van der Waals surface area contributed by atoms with Crippen LogP contribution in [-0.4, -0.2) is 51.1 Å². The molecule has 2 nitrogen and oxygen atoms in total.